The summed E-state index contributed by atoms with van der Waals surface area (Å²) in [5.41, 5.74) is 2.08. The standard InChI is InChI=1S/C26H42FSi/c1-3-7-25-14-11-22(20-26(25)27)8-5-6-17-28-18-15-24(16-19-28)23-12-9-21(4-2)10-13-23/h11,14,20-21,23-24H,3-10,12-13,15-19H2,1-2H3. The van der Waals surface area contributed by atoms with Gasteiger partial charge in [-0.1, -0.05) is 89.1 Å². The Balaban J connectivity index is 1.30. The number of hydrogen-bond acceptors (Lipinski definition) is 0. The number of benzene rings is 1. The van der Waals surface area contributed by atoms with E-state index in [1.807, 2.05) is 6.07 Å². The predicted molar refractivity (Wildman–Crippen MR) is 122 cm³/mol. The molecule has 0 N–H and O–H groups in total. The van der Waals surface area contributed by atoms with Crippen LogP contribution in [0.25, 0.3) is 0 Å². The van der Waals surface area contributed by atoms with Gasteiger partial charge in [-0.3, -0.25) is 0 Å². The fourth-order valence-corrected chi connectivity index (χ4v) is 8.82. The fraction of sp³-hybridized carbons (Fsp3) is 0.769. The molecule has 0 aromatic heterocycles. The lowest BCUT2D eigenvalue weighted by molar-refractivity contribution is 0.189. The Morgan fingerprint density at radius 2 is 1.61 bits per heavy atom. The number of aryl methyl sites for hydroxylation is 2. The number of unbranched alkanes of at least 4 members (excludes halogenated alkanes) is 1. The molecule has 0 unspecified atom stereocenters. The number of rotatable bonds is 9. The van der Waals surface area contributed by atoms with Crippen molar-refractivity contribution < 1.29 is 4.39 Å². The molecule has 1 radical (unpaired) electrons. The minimum atomic E-state index is -0.0833. The Labute approximate surface area is 175 Å². The molecule has 1 saturated heterocycles. The van der Waals surface area contributed by atoms with Crippen LogP contribution in [0, 0.1) is 23.6 Å². The van der Waals surface area contributed by atoms with Crippen LogP contribution >= 0.6 is 0 Å². The Hall–Kier alpha value is -0.633. The lowest BCUT2D eigenvalue weighted by atomic mass is 9.73. The second-order valence-corrected chi connectivity index (χ2v) is 12.7. The SMILES string of the molecule is CCCc1ccc(CCCC[Si]2CCC(C3CCC(CC)CC3)CC2)cc1F. The lowest BCUT2D eigenvalue weighted by Gasteiger charge is -2.37. The van der Waals surface area contributed by atoms with Crippen LogP contribution in [0.15, 0.2) is 18.2 Å². The highest BCUT2D eigenvalue weighted by molar-refractivity contribution is 6.58. The lowest BCUT2D eigenvalue weighted by Crippen LogP contribution is -2.28. The summed E-state index contributed by atoms with van der Waals surface area (Å²) in [5, 5.41) is 0. The van der Waals surface area contributed by atoms with Crippen LogP contribution in [-0.4, -0.2) is 8.80 Å². The molecule has 1 saturated carbocycles. The second-order valence-electron chi connectivity index (χ2n) is 9.66. The normalized spacial score (nSPS) is 24.5. The first-order valence-corrected chi connectivity index (χ1v) is 14.4. The van der Waals surface area contributed by atoms with Crippen molar-refractivity contribution >= 4 is 8.80 Å². The van der Waals surface area contributed by atoms with E-state index in [9.17, 15) is 4.39 Å². The molecule has 1 heterocycles. The van der Waals surface area contributed by atoms with E-state index >= 15 is 0 Å². The van der Waals surface area contributed by atoms with Gasteiger partial charge in [0.2, 0.25) is 0 Å². The number of hydrogen-bond donors (Lipinski definition) is 0. The summed E-state index contributed by atoms with van der Waals surface area (Å²) in [6, 6.07) is 10.6. The quantitative estimate of drug-likeness (QED) is 0.289. The van der Waals surface area contributed by atoms with Gasteiger partial charge in [0, 0.05) is 8.80 Å². The maximum absolute atomic E-state index is 14.1. The number of halogens is 1. The van der Waals surface area contributed by atoms with Crippen molar-refractivity contribution in [3.8, 4) is 0 Å². The molecule has 2 aliphatic rings. The van der Waals surface area contributed by atoms with Gasteiger partial charge < -0.3 is 0 Å². The highest BCUT2D eigenvalue weighted by Crippen LogP contribution is 2.41. The summed E-state index contributed by atoms with van der Waals surface area (Å²) < 4.78 is 14.1. The molecule has 0 atom stereocenters. The zero-order valence-electron chi connectivity index (χ0n) is 18.4. The van der Waals surface area contributed by atoms with Crippen LogP contribution < -0.4 is 0 Å². The molecule has 0 nitrogen and oxygen atoms in total. The smallest absolute Gasteiger partial charge is 0.126 e. The zero-order chi connectivity index (χ0) is 19.8. The predicted octanol–water partition coefficient (Wildman–Crippen LogP) is 8.22. The first-order valence-electron chi connectivity index (χ1n) is 12.3. The fourth-order valence-electron chi connectivity index (χ4n) is 5.76. The van der Waals surface area contributed by atoms with Gasteiger partial charge in [-0.05, 0) is 67.1 Å². The molecular weight excluding hydrogens is 359 g/mol. The van der Waals surface area contributed by atoms with Crippen molar-refractivity contribution in [3.63, 3.8) is 0 Å². The topological polar surface area (TPSA) is 0 Å². The van der Waals surface area contributed by atoms with Gasteiger partial charge in [0.05, 0.1) is 0 Å². The Kier molecular flexibility index (Phi) is 9.08. The average Bonchev–Trinajstić information content (AvgIpc) is 2.74. The van der Waals surface area contributed by atoms with E-state index in [4.69, 9.17) is 0 Å². The first kappa shape index (κ1) is 22.1. The third-order valence-corrected chi connectivity index (χ3v) is 10.8. The highest BCUT2D eigenvalue weighted by atomic mass is 28.3. The summed E-state index contributed by atoms with van der Waals surface area (Å²) in [4.78, 5) is 0. The van der Waals surface area contributed by atoms with Crippen LogP contribution in [0.1, 0.15) is 89.2 Å². The Morgan fingerprint density at radius 1 is 0.893 bits per heavy atom. The van der Waals surface area contributed by atoms with E-state index in [1.165, 1.54) is 56.6 Å². The van der Waals surface area contributed by atoms with E-state index in [2.05, 4.69) is 19.9 Å². The highest BCUT2D eigenvalue weighted by Gasteiger charge is 2.30. The molecule has 2 fully saturated rings. The molecule has 28 heavy (non-hydrogen) atoms. The largest absolute Gasteiger partial charge is 0.207 e. The summed E-state index contributed by atoms with van der Waals surface area (Å²) in [5.74, 6) is 3.18. The van der Waals surface area contributed by atoms with Gasteiger partial charge >= 0.3 is 0 Å². The van der Waals surface area contributed by atoms with Crippen LogP contribution in [-0.2, 0) is 12.8 Å². The van der Waals surface area contributed by atoms with Gasteiger partial charge in [0.25, 0.3) is 0 Å². The van der Waals surface area contributed by atoms with Crippen molar-refractivity contribution in [2.75, 3.05) is 0 Å². The monoisotopic (exact) mass is 401 g/mol. The first-order chi connectivity index (χ1) is 13.7. The summed E-state index contributed by atoms with van der Waals surface area (Å²) in [6.45, 7) is 4.48. The van der Waals surface area contributed by atoms with Crippen LogP contribution in [0.4, 0.5) is 4.39 Å². The third-order valence-electron chi connectivity index (χ3n) is 7.76. The molecule has 1 aromatic rings. The minimum Gasteiger partial charge on any atom is -0.207 e. The maximum Gasteiger partial charge on any atom is 0.126 e. The summed E-state index contributed by atoms with van der Waals surface area (Å²) >= 11 is 0. The van der Waals surface area contributed by atoms with Crippen molar-refractivity contribution in [2.24, 2.45) is 17.8 Å². The van der Waals surface area contributed by atoms with Crippen LogP contribution in [0.2, 0.25) is 18.1 Å². The van der Waals surface area contributed by atoms with Crippen molar-refractivity contribution in [2.45, 2.75) is 109 Å². The van der Waals surface area contributed by atoms with E-state index in [-0.39, 0.29) is 14.6 Å². The Morgan fingerprint density at radius 3 is 2.25 bits per heavy atom. The third kappa shape index (κ3) is 6.44. The average molecular weight is 402 g/mol. The molecule has 1 aromatic carbocycles. The van der Waals surface area contributed by atoms with Crippen molar-refractivity contribution in [1.82, 2.24) is 0 Å². The van der Waals surface area contributed by atoms with Gasteiger partial charge in [0.15, 0.2) is 0 Å². The minimum absolute atomic E-state index is 0.0116. The second kappa shape index (κ2) is 11.5. The maximum atomic E-state index is 14.1. The summed E-state index contributed by atoms with van der Waals surface area (Å²) in [7, 11) is -0.0833. The van der Waals surface area contributed by atoms with E-state index < -0.39 is 0 Å². The molecule has 1 aliphatic carbocycles. The zero-order valence-corrected chi connectivity index (χ0v) is 19.4. The van der Waals surface area contributed by atoms with Gasteiger partial charge in [0.1, 0.15) is 5.82 Å². The molecule has 157 valence electrons. The molecule has 0 spiro atoms. The molecule has 3 rings (SSSR count). The Bertz CT molecular complexity index is 568. The van der Waals surface area contributed by atoms with Crippen molar-refractivity contribution in [3.05, 3.63) is 35.1 Å². The molecule has 0 bridgehead atoms. The van der Waals surface area contributed by atoms with E-state index in [0.29, 0.717) is 0 Å². The molecular formula is C26H42FSi. The van der Waals surface area contributed by atoms with Gasteiger partial charge in [-0.25, -0.2) is 4.39 Å². The molecule has 1 aliphatic heterocycles. The van der Waals surface area contributed by atoms with Crippen LogP contribution in [0.3, 0.4) is 0 Å². The molecule has 0 amide bonds. The van der Waals surface area contributed by atoms with Gasteiger partial charge in [-0.15, -0.1) is 0 Å². The van der Waals surface area contributed by atoms with E-state index in [0.717, 1.165) is 42.6 Å². The summed E-state index contributed by atoms with van der Waals surface area (Å²) in [6.07, 6.45) is 16.1. The van der Waals surface area contributed by atoms with E-state index in [1.54, 1.807) is 31.0 Å². The van der Waals surface area contributed by atoms with Crippen molar-refractivity contribution in [1.29, 1.82) is 0 Å². The molecule has 2 heteroatoms. The van der Waals surface area contributed by atoms with Crippen LogP contribution in [0.5, 0.6) is 0 Å². The van der Waals surface area contributed by atoms with Gasteiger partial charge in [-0.2, -0.15) is 0 Å².